The van der Waals surface area contributed by atoms with E-state index < -0.39 is 11.5 Å². The monoisotopic (exact) mass is 452 g/mol. The van der Waals surface area contributed by atoms with Crippen LogP contribution in [-0.2, 0) is 14.4 Å². The zero-order valence-electron chi connectivity index (χ0n) is 19.3. The van der Waals surface area contributed by atoms with Gasteiger partial charge in [-0.2, -0.15) is 11.8 Å². The molecule has 0 aliphatic carbocycles. The summed E-state index contributed by atoms with van der Waals surface area (Å²) in [5.41, 5.74) is -0.909. The maximum atomic E-state index is 12.8. The van der Waals surface area contributed by atoms with Crippen molar-refractivity contribution in [3.63, 3.8) is 0 Å². The first-order valence-electron chi connectivity index (χ1n) is 11.9. The van der Waals surface area contributed by atoms with Gasteiger partial charge in [-0.05, 0) is 64.2 Å². The topological polar surface area (TPSA) is 95.5 Å². The molecule has 4 atom stereocenters. The van der Waals surface area contributed by atoms with Gasteiger partial charge in [0.1, 0.15) is 5.54 Å². The third-order valence-electron chi connectivity index (χ3n) is 6.45. The van der Waals surface area contributed by atoms with E-state index in [4.69, 9.17) is 5.11 Å². The maximum Gasteiger partial charge on any atom is 0.303 e. The molecule has 0 aromatic rings. The van der Waals surface area contributed by atoms with Gasteiger partial charge in [0.05, 0.1) is 0 Å². The number of thioether (sulfide) groups is 1. The smallest absolute Gasteiger partial charge is 0.303 e. The van der Waals surface area contributed by atoms with E-state index in [-0.39, 0.29) is 18.2 Å². The second-order valence-corrected chi connectivity index (χ2v) is 10.9. The minimum absolute atomic E-state index is 0.0602. The SMILES string of the molecule is CCCCCC(=O)NC(C)(C)C(=O)NC[C@H]1[C@@H](CC=CCCCC(=O)O)[C@H]2CC[C@@H]1S2. The molecule has 0 unspecified atom stereocenters. The summed E-state index contributed by atoms with van der Waals surface area (Å²) in [6, 6.07) is 0. The van der Waals surface area contributed by atoms with Crippen molar-refractivity contribution in [1.82, 2.24) is 10.6 Å². The Balaban J connectivity index is 1.80. The van der Waals surface area contributed by atoms with Crippen molar-refractivity contribution in [2.75, 3.05) is 6.54 Å². The Morgan fingerprint density at radius 3 is 2.42 bits per heavy atom. The van der Waals surface area contributed by atoms with Gasteiger partial charge < -0.3 is 15.7 Å². The summed E-state index contributed by atoms with van der Waals surface area (Å²) in [4.78, 5) is 35.5. The summed E-state index contributed by atoms with van der Waals surface area (Å²) >= 11 is 2.07. The second kappa shape index (κ2) is 12.5. The van der Waals surface area contributed by atoms with E-state index in [1.165, 1.54) is 12.8 Å². The van der Waals surface area contributed by atoms with Crippen LogP contribution in [0.3, 0.4) is 0 Å². The number of amides is 2. The fourth-order valence-corrected chi connectivity index (χ4v) is 6.67. The van der Waals surface area contributed by atoms with E-state index in [9.17, 15) is 14.4 Å². The van der Waals surface area contributed by atoms with Crippen molar-refractivity contribution in [1.29, 1.82) is 0 Å². The predicted octanol–water partition coefficient (Wildman–Crippen LogP) is 4.29. The fourth-order valence-electron chi connectivity index (χ4n) is 4.66. The summed E-state index contributed by atoms with van der Waals surface area (Å²) in [7, 11) is 0. The van der Waals surface area contributed by atoms with E-state index in [0.29, 0.717) is 41.7 Å². The highest BCUT2D eigenvalue weighted by atomic mass is 32.2. The van der Waals surface area contributed by atoms with Gasteiger partial charge in [-0.15, -0.1) is 0 Å². The second-order valence-electron chi connectivity index (χ2n) is 9.45. The van der Waals surface area contributed by atoms with Crippen LogP contribution in [0, 0.1) is 11.8 Å². The standard InChI is InChI=1S/C24H40N2O4S/c1-4-5-8-12-21(27)26-24(2,3)23(30)25-16-18-17(19-14-15-20(18)31-19)11-9-6-7-10-13-22(28)29/h6,9,17-20H,4-5,7-8,10-16H2,1-3H3,(H,25,30)(H,26,27)(H,28,29)/t17-,18+,19-,20+/m1/s1. The molecule has 2 heterocycles. The van der Waals surface area contributed by atoms with E-state index in [1.54, 1.807) is 13.8 Å². The minimum atomic E-state index is -0.909. The van der Waals surface area contributed by atoms with Gasteiger partial charge in [0.15, 0.2) is 0 Å². The van der Waals surface area contributed by atoms with Gasteiger partial charge >= 0.3 is 5.97 Å². The minimum Gasteiger partial charge on any atom is -0.481 e. The predicted molar refractivity (Wildman–Crippen MR) is 126 cm³/mol. The molecule has 2 rings (SSSR count). The van der Waals surface area contributed by atoms with Crippen LogP contribution >= 0.6 is 11.8 Å². The molecule has 2 fully saturated rings. The molecule has 2 saturated heterocycles. The van der Waals surface area contributed by atoms with E-state index >= 15 is 0 Å². The zero-order chi connectivity index (χ0) is 22.9. The summed E-state index contributed by atoms with van der Waals surface area (Å²) < 4.78 is 0. The Kier molecular flexibility index (Phi) is 10.4. The molecule has 2 bridgehead atoms. The van der Waals surface area contributed by atoms with Crippen LogP contribution in [0.4, 0.5) is 0 Å². The summed E-state index contributed by atoms with van der Waals surface area (Å²) in [5.74, 6) is 0.0785. The Morgan fingerprint density at radius 2 is 1.74 bits per heavy atom. The van der Waals surface area contributed by atoms with Gasteiger partial charge in [0.25, 0.3) is 0 Å². The van der Waals surface area contributed by atoms with Gasteiger partial charge in [-0.3, -0.25) is 14.4 Å². The van der Waals surface area contributed by atoms with Crippen LogP contribution in [0.5, 0.6) is 0 Å². The normalized spacial score (nSPS) is 25.1. The van der Waals surface area contributed by atoms with Gasteiger partial charge in [0.2, 0.25) is 11.8 Å². The van der Waals surface area contributed by atoms with Crippen molar-refractivity contribution in [2.24, 2.45) is 11.8 Å². The first kappa shape index (κ1) is 25.8. The lowest BCUT2D eigenvalue weighted by Crippen LogP contribution is -2.55. The number of carboxylic acids is 1. The van der Waals surface area contributed by atoms with Crippen molar-refractivity contribution >= 4 is 29.5 Å². The molecule has 31 heavy (non-hydrogen) atoms. The number of rotatable bonds is 14. The Hall–Kier alpha value is -1.50. The summed E-state index contributed by atoms with van der Waals surface area (Å²) in [6.45, 7) is 6.30. The number of nitrogens with one attached hydrogen (secondary N) is 2. The summed E-state index contributed by atoms with van der Waals surface area (Å²) in [6.07, 6.45) is 12.9. The fraction of sp³-hybridized carbons (Fsp3) is 0.792. The van der Waals surface area contributed by atoms with Crippen LogP contribution in [0.1, 0.15) is 85.0 Å². The van der Waals surface area contributed by atoms with E-state index in [2.05, 4.69) is 41.5 Å². The number of unbranched alkanes of at least 4 members (excludes halogenated alkanes) is 3. The van der Waals surface area contributed by atoms with Crippen molar-refractivity contribution in [3.8, 4) is 0 Å². The third-order valence-corrected chi connectivity index (χ3v) is 8.32. The highest BCUT2D eigenvalue weighted by Crippen LogP contribution is 2.54. The van der Waals surface area contributed by atoms with Gasteiger partial charge in [0, 0.05) is 29.9 Å². The molecule has 0 saturated carbocycles. The highest BCUT2D eigenvalue weighted by molar-refractivity contribution is 8.01. The van der Waals surface area contributed by atoms with Crippen molar-refractivity contribution in [2.45, 2.75) is 101 Å². The zero-order valence-corrected chi connectivity index (χ0v) is 20.1. The molecule has 0 spiro atoms. The highest BCUT2D eigenvalue weighted by Gasteiger charge is 2.47. The first-order chi connectivity index (χ1) is 14.7. The Morgan fingerprint density at radius 1 is 1.03 bits per heavy atom. The number of hydrogen-bond donors (Lipinski definition) is 3. The molecule has 2 amide bonds. The van der Waals surface area contributed by atoms with Crippen LogP contribution in [0.15, 0.2) is 12.2 Å². The molecule has 7 heteroatoms. The number of carboxylic acid groups (broad SMARTS) is 1. The quantitative estimate of drug-likeness (QED) is 0.270. The van der Waals surface area contributed by atoms with Crippen LogP contribution in [0.25, 0.3) is 0 Å². The molecule has 2 aliphatic rings. The lowest BCUT2D eigenvalue weighted by atomic mass is 9.77. The Bertz CT molecular complexity index is 649. The lowest BCUT2D eigenvalue weighted by molar-refractivity contribution is -0.137. The van der Waals surface area contributed by atoms with Crippen molar-refractivity contribution in [3.05, 3.63) is 12.2 Å². The third kappa shape index (κ3) is 8.17. The molecular weight excluding hydrogens is 412 g/mol. The number of carbonyl (C=O) groups excluding carboxylic acids is 2. The van der Waals surface area contributed by atoms with Crippen LogP contribution in [-0.4, -0.2) is 45.5 Å². The lowest BCUT2D eigenvalue weighted by Gasteiger charge is -2.31. The van der Waals surface area contributed by atoms with Crippen LogP contribution < -0.4 is 10.6 Å². The molecule has 6 nitrogen and oxygen atoms in total. The molecule has 3 N–H and O–H groups in total. The van der Waals surface area contributed by atoms with Gasteiger partial charge in [-0.1, -0.05) is 31.9 Å². The number of aliphatic carboxylic acids is 1. The Labute approximate surface area is 191 Å². The average molecular weight is 453 g/mol. The molecule has 0 aromatic carbocycles. The molecule has 176 valence electrons. The van der Waals surface area contributed by atoms with Crippen LogP contribution in [0.2, 0.25) is 0 Å². The molecule has 0 aromatic heterocycles. The molecule has 2 aliphatic heterocycles. The first-order valence-corrected chi connectivity index (χ1v) is 12.8. The number of fused-ring (bicyclic) bond motifs is 2. The maximum absolute atomic E-state index is 12.8. The number of carbonyl (C=O) groups is 3. The summed E-state index contributed by atoms with van der Waals surface area (Å²) in [5, 5.41) is 16.0. The number of allylic oxidation sites excluding steroid dienone is 2. The largest absolute Gasteiger partial charge is 0.481 e. The average Bonchev–Trinajstić information content (AvgIpc) is 3.30. The van der Waals surface area contributed by atoms with Gasteiger partial charge in [-0.25, -0.2) is 0 Å². The van der Waals surface area contributed by atoms with E-state index in [1.807, 2.05) is 0 Å². The molecule has 0 radical (unpaired) electrons. The van der Waals surface area contributed by atoms with E-state index in [0.717, 1.165) is 32.1 Å². The number of hydrogen-bond acceptors (Lipinski definition) is 4. The molecular formula is C24H40N2O4S. The van der Waals surface area contributed by atoms with Crippen molar-refractivity contribution < 1.29 is 19.5 Å².